The summed E-state index contributed by atoms with van der Waals surface area (Å²) in [5.74, 6) is -0.00116. The summed E-state index contributed by atoms with van der Waals surface area (Å²) in [5.41, 5.74) is 20.1. The Balaban J connectivity index is 0.948. The van der Waals surface area contributed by atoms with Crippen LogP contribution in [0, 0.1) is 5.41 Å². The van der Waals surface area contributed by atoms with Crippen molar-refractivity contribution < 1.29 is 4.42 Å². The van der Waals surface area contributed by atoms with E-state index in [1.54, 1.807) is 0 Å². The van der Waals surface area contributed by atoms with Crippen molar-refractivity contribution in [3.8, 4) is 33.6 Å². The van der Waals surface area contributed by atoms with E-state index in [2.05, 4.69) is 217 Å². The predicted octanol–water partition coefficient (Wildman–Crippen LogP) is 17.3. The average molecular weight is 898 g/mol. The van der Waals surface area contributed by atoms with Crippen LogP contribution in [-0.2, 0) is 5.41 Å². The van der Waals surface area contributed by atoms with Crippen LogP contribution in [0.15, 0.2) is 229 Å². The summed E-state index contributed by atoms with van der Waals surface area (Å²) < 4.78 is 11.5. The van der Waals surface area contributed by atoms with Gasteiger partial charge in [0.05, 0.1) is 22.1 Å². The van der Waals surface area contributed by atoms with Crippen molar-refractivity contribution in [1.82, 2.24) is 9.13 Å². The number of aromatic nitrogens is 2. The van der Waals surface area contributed by atoms with Gasteiger partial charge in [-0.25, -0.2) is 0 Å². The first-order valence-electron chi connectivity index (χ1n) is 24.3. The molecule has 0 fully saturated rings. The Morgan fingerprint density at radius 3 is 1.86 bits per heavy atom. The molecule has 10 aromatic carbocycles. The van der Waals surface area contributed by atoms with Gasteiger partial charge < -0.3 is 19.0 Å². The van der Waals surface area contributed by atoms with Crippen LogP contribution in [-0.4, -0.2) is 14.8 Å². The normalized spacial score (nSPS) is 13.5. The average Bonchev–Trinajstić information content (AvgIpc) is 4.11. The molecule has 1 atom stereocenters. The lowest BCUT2D eigenvalue weighted by molar-refractivity contribution is 0.661. The summed E-state index contributed by atoms with van der Waals surface area (Å²) in [5, 5.41) is 16.4. The fourth-order valence-corrected chi connectivity index (χ4v) is 11.9. The number of para-hydroxylation sites is 2. The molecular formula is C66H47N3O. The molecule has 0 saturated carbocycles. The lowest BCUT2D eigenvalue weighted by atomic mass is 9.82. The summed E-state index contributed by atoms with van der Waals surface area (Å²) in [6.45, 7) is 4.73. The first-order chi connectivity index (χ1) is 34.4. The van der Waals surface area contributed by atoms with Gasteiger partial charge in [-0.05, 0) is 123 Å². The molecule has 0 radical (unpaired) electrons. The van der Waals surface area contributed by atoms with E-state index < -0.39 is 0 Å². The smallest absolute Gasteiger partial charge is 0.137 e. The first-order valence-corrected chi connectivity index (χ1v) is 24.3. The van der Waals surface area contributed by atoms with Crippen molar-refractivity contribution >= 4 is 71.3 Å². The van der Waals surface area contributed by atoms with Crippen molar-refractivity contribution in [3.05, 3.63) is 252 Å². The van der Waals surface area contributed by atoms with Crippen molar-refractivity contribution in [2.75, 3.05) is 0 Å². The summed E-state index contributed by atoms with van der Waals surface area (Å²) >= 11 is 0. The second-order valence-electron chi connectivity index (χ2n) is 19.6. The summed E-state index contributed by atoms with van der Waals surface area (Å²) in [4.78, 5) is 0. The minimum Gasteiger partial charge on any atom is -0.456 e. The minimum atomic E-state index is -0.157. The molecule has 0 saturated heterocycles. The Morgan fingerprint density at radius 1 is 0.429 bits per heavy atom. The number of benzene rings is 10. The molecule has 1 aliphatic rings. The molecule has 4 nitrogen and oxygen atoms in total. The molecule has 0 bridgehead atoms. The summed E-state index contributed by atoms with van der Waals surface area (Å²) in [6.07, 6.45) is 0.589. The molecule has 3 heterocycles. The molecule has 1 N–H and O–H groups in total. The number of nitrogens with zero attached hydrogens (tertiary/aromatic N) is 2. The molecule has 4 heteroatoms. The van der Waals surface area contributed by atoms with E-state index in [4.69, 9.17) is 4.42 Å². The maximum absolute atomic E-state index is 9.28. The zero-order chi connectivity index (χ0) is 46.7. The third kappa shape index (κ3) is 6.12. The molecule has 13 aromatic rings. The number of nitrogens with one attached hydrogen (secondary N) is 1. The van der Waals surface area contributed by atoms with Crippen LogP contribution in [0.2, 0.25) is 0 Å². The van der Waals surface area contributed by atoms with Crippen molar-refractivity contribution in [1.29, 1.82) is 5.41 Å². The number of furan rings is 1. The van der Waals surface area contributed by atoms with Crippen molar-refractivity contribution in [2.24, 2.45) is 0 Å². The summed E-state index contributed by atoms with van der Waals surface area (Å²) in [7, 11) is 0. The van der Waals surface area contributed by atoms with Gasteiger partial charge in [0.1, 0.15) is 11.2 Å². The third-order valence-electron chi connectivity index (χ3n) is 15.3. The second kappa shape index (κ2) is 15.4. The fourth-order valence-electron chi connectivity index (χ4n) is 11.9. The van der Waals surface area contributed by atoms with Gasteiger partial charge in [-0.3, -0.25) is 0 Å². The molecule has 1 aliphatic carbocycles. The van der Waals surface area contributed by atoms with Gasteiger partial charge >= 0.3 is 0 Å². The zero-order valence-corrected chi connectivity index (χ0v) is 38.9. The van der Waals surface area contributed by atoms with Crippen LogP contribution in [0.5, 0.6) is 0 Å². The fraction of sp³-hybridized carbons (Fsp3) is 0.0758. The van der Waals surface area contributed by atoms with Gasteiger partial charge in [0.25, 0.3) is 0 Å². The van der Waals surface area contributed by atoms with Crippen LogP contribution < -0.4 is 0 Å². The Labute approximate surface area is 405 Å². The van der Waals surface area contributed by atoms with Crippen molar-refractivity contribution in [2.45, 2.75) is 31.6 Å². The van der Waals surface area contributed by atoms with E-state index in [-0.39, 0.29) is 11.3 Å². The minimum absolute atomic E-state index is 0.00116. The maximum Gasteiger partial charge on any atom is 0.137 e. The Morgan fingerprint density at radius 2 is 1.03 bits per heavy atom. The Bertz CT molecular complexity index is 4250. The van der Waals surface area contributed by atoms with E-state index in [0.717, 1.165) is 61.0 Å². The molecule has 0 aliphatic heterocycles. The molecule has 3 aromatic heterocycles. The Kier molecular flexibility index (Phi) is 8.87. The van der Waals surface area contributed by atoms with E-state index in [1.165, 1.54) is 66.0 Å². The number of hydrogen-bond donors (Lipinski definition) is 1. The Hall–Kier alpha value is -8.73. The molecule has 70 heavy (non-hydrogen) atoms. The van der Waals surface area contributed by atoms with E-state index in [1.807, 2.05) is 30.3 Å². The highest BCUT2D eigenvalue weighted by molar-refractivity contribution is 6.18. The first kappa shape index (κ1) is 40.3. The van der Waals surface area contributed by atoms with Gasteiger partial charge in [0.2, 0.25) is 0 Å². The molecular weight excluding hydrogens is 851 g/mol. The molecule has 14 rings (SSSR count). The van der Waals surface area contributed by atoms with Crippen LogP contribution in [0.3, 0.4) is 0 Å². The van der Waals surface area contributed by atoms with Gasteiger partial charge in [-0.15, -0.1) is 0 Å². The number of fused-ring (bicyclic) bond motifs is 12. The SMILES string of the molecule is CC1(C)c2ccccc2-c2cc3c4cc(-c5ccc6oc7cc8c(cc7c6c5)c5ccccc5n8-c5ccccc5)ccc4n(-c4cccc(C(CC(=N)c5ccccc5)c5ccccc5)c4)c3cc21. The monoisotopic (exact) mass is 897 g/mol. The highest BCUT2D eigenvalue weighted by Gasteiger charge is 2.36. The van der Waals surface area contributed by atoms with Crippen LogP contribution in [0.4, 0.5) is 0 Å². The number of rotatable bonds is 8. The lowest BCUT2D eigenvalue weighted by Crippen LogP contribution is -2.15. The molecule has 0 spiro atoms. The summed E-state index contributed by atoms with van der Waals surface area (Å²) in [6, 6.07) is 81.3. The third-order valence-corrected chi connectivity index (χ3v) is 15.3. The molecule has 0 amide bonds. The van der Waals surface area contributed by atoms with Crippen LogP contribution in [0.25, 0.3) is 99.2 Å². The van der Waals surface area contributed by atoms with Gasteiger partial charge in [0, 0.05) is 73.2 Å². The second-order valence-corrected chi connectivity index (χ2v) is 19.6. The molecule has 1 unspecified atom stereocenters. The lowest BCUT2D eigenvalue weighted by Gasteiger charge is -2.22. The molecule has 332 valence electrons. The van der Waals surface area contributed by atoms with Gasteiger partial charge in [-0.1, -0.05) is 159 Å². The quantitative estimate of drug-likeness (QED) is 0.152. The van der Waals surface area contributed by atoms with E-state index in [0.29, 0.717) is 12.1 Å². The standard InChI is InChI=1S/C66H47N3O/c1-66(2)57-27-14-12-25-48(57)51-36-54-52-34-43(44-30-32-64-55(35-44)56-37-53-49-26-13-15-28-60(49)68(46-22-10-5-11-23-46)63(53)40-65(56)70-64)29-31-61(52)69(62(54)39-58(51)66)47-24-16-21-45(33-47)50(41-17-6-3-7-18-41)38-59(67)42-19-8-4-9-20-42/h3-37,39-40,50,67H,38H2,1-2H3. The topological polar surface area (TPSA) is 46.9 Å². The largest absolute Gasteiger partial charge is 0.456 e. The maximum atomic E-state index is 9.28. The van der Waals surface area contributed by atoms with Crippen LogP contribution >= 0.6 is 0 Å². The zero-order valence-electron chi connectivity index (χ0n) is 38.9. The predicted molar refractivity (Wildman–Crippen MR) is 292 cm³/mol. The van der Waals surface area contributed by atoms with E-state index >= 15 is 0 Å². The highest BCUT2D eigenvalue weighted by atomic mass is 16.3. The number of hydrogen-bond acceptors (Lipinski definition) is 2. The van der Waals surface area contributed by atoms with Crippen LogP contribution in [0.1, 0.15) is 54.0 Å². The highest BCUT2D eigenvalue weighted by Crippen LogP contribution is 2.51. The van der Waals surface area contributed by atoms with Gasteiger partial charge in [0.15, 0.2) is 0 Å². The van der Waals surface area contributed by atoms with E-state index in [9.17, 15) is 5.41 Å². The van der Waals surface area contributed by atoms with Gasteiger partial charge in [-0.2, -0.15) is 0 Å². The van der Waals surface area contributed by atoms with Crippen molar-refractivity contribution in [3.63, 3.8) is 0 Å².